The van der Waals surface area contributed by atoms with Gasteiger partial charge in [-0.2, -0.15) is 0 Å². The van der Waals surface area contributed by atoms with Crippen LogP contribution in [0.1, 0.15) is 136 Å². The topological polar surface area (TPSA) is 61.8 Å². The van der Waals surface area contributed by atoms with E-state index in [1.807, 2.05) is 24.3 Å². The first-order valence-corrected chi connectivity index (χ1v) is 17.0. The van der Waals surface area contributed by atoms with E-state index in [1.165, 1.54) is 77.0 Å². The Labute approximate surface area is 264 Å². The molecule has 5 heteroatoms. The lowest BCUT2D eigenvalue weighted by Crippen LogP contribution is -2.09. The minimum atomic E-state index is -0.472. The van der Waals surface area contributed by atoms with Crippen molar-refractivity contribution in [3.8, 4) is 28.4 Å². The molecule has 1 aliphatic carbocycles. The van der Waals surface area contributed by atoms with Crippen molar-refractivity contribution >= 4 is 11.8 Å². The van der Waals surface area contributed by atoms with Gasteiger partial charge in [-0.15, -0.1) is 0 Å². The van der Waals surface area contributed by atoms with Gasteiger partial charge in [0.05, 0.1) is 18.8 Å². The van der Waals surface area contributed by atoms with Crippen molar-refractivity contribution in [3.05, 3.63) is 77.4 Å². The molecule has 0 unspecified atom stereocenters. The third-order valence-electron chi connectivity index (χ3n) is 8.35. The normalized spacial score (nSPS) is 11.7. The van der Waals surface area contributed by atoms with Crippen LogP contribution in [0.5, 0.6) is 17.2 Å². The van der Waals surface area contributed by atoms with Gasteiger partial charge in [0.25, 0.3) is 0 Å². The van der Waals surface area contributed by atoms with E-state index in [0.717, 1.165) is 41.9 Å². The summed E-state index contributed by atoms with van der Waals surface area (Å²) in [7, 11) is 0. The molecule has 0 heterocycles. The second-order valence-corrected chi connectivity index (χ2v) is 12.0. The summed E-state index contributed by atoms with van der Waals surface area (Å²) in [5, 5.41) is 0. The van der Waals surface area contributed by atoms with E-state index in [0.29, 0.717) is 35.7 Å². The van der Waals surface area contributed by atoms with Crippen LogP contribution in [-0.2, 0) is 0 Å². The molecule has 0 saturated heterocycles. The maximum absolute atomic E-state index is 13.3. The smallest absolute Gasteiger partial charge is 0.343 e. The van der Waals surface area contributed by atoms with Gasteiger partial charge in [0, 0.05) is 11.1 Å². The van der Waals surface area contributed by atoms with E-state index in [2.05, 4.69) is 13.8 Å². The Morgan fingerprint density at radius 3 is 1.50 bits per heavy atom. The first kappa shape index (κ1) is 33.3. The summed E-state index contributed by atoms with van der Waals surface area (Å²) < 4.78 is 17.4. The second kappa shape index (κ2) is 18.3. The zero-order chi connectivity index (χ0) is 31.0. The number of ketones is 1. The summed E-state index contributed by atoms with van der Waals surface area (Å²) in [4.78, 5) is 26.1. The SMILES string of the molecule is CCCCCCCCCCCCCOc1ccc2c(c1)C(=O)c1cc(OC(=O)c3ccc(OCCCCCC)cc3)ccc1-2. The van der Waals surface area contributed by atoms with Crippen LogP contribution in [0.15, 0.2) is 60.7 Å². The van der Waals surface area contributed by atoms with E-state index >= 15 is 0 Å². The number of fused-ring (bicyclic) bond motifs is 3. The van der Waals surface area contributed by atoms with Crippen molar-refractivity contribution in [2.75, 3.05) is 13.2 Å². The molecule has 3 aromatic rings. The fraction of sp³-hybridized carbons (Fsp3) is 0.487. The lowest BCUT2D eigenvalue weighted by Gasteiger charge is -2.09. The predicted molar refractivity (Wildman–Crippen MR) is 178 cm³/mol. The number of hydrogen-bond donors (Lipinski definition) is 0. The van der Waals surface area contributed by atoms with Gasteiger partial charge in [0.1, 0.15) is 17.2 Å². The van der Waals surface area contributed by atoms with Crippen LogP contribution >= 0.6 is 0 Å². The molecule has 0 fully saturated rings. The number of benzene rings is 3. The van der Waals surface area contributed by atoms with Gasteiger partial charge in [-0.1, -0.05) is 97.3 Å². The molecule has 0 radical (unpaired) electrons. The van der Waals surface area contributed by atoms with Crippen LogP contribution in [0, 0.1) is 0 Å². The predicted octanol–water partition coefficient (Wildman–Crippen LogP) is 10.8. The Kier molecular flexibility index (Phi) is 13.8. The molecule has 0 N–H and O–H groups in total. The summed E-state index contributed by atoms with van der Waals surface area (Å²) in [6.07, 6.45) is 18.8. The van der Waals surface area contributed by atoms with E-state index in [-0.39, 0.29) is 5.78 Å². The van der Waals surface area contributed by atoms with Crippen molar-refractivity contribution in [1.82, 2.24) is 0 Å². The highest BCUT2D eigenvalue weighted by Gasteiger charge is 2.28. The van der Waals surface area contributed by atoms with Crippen molar-refractivity contribution in [2.45, 2.75) is 110 Å². The third-order valence-corrected chi connectivity index (χ3v) is 8.35. The van der Waals surface area contributed by atoms with Gasteiger partial charge in [-0.25, -0.2) is 4.79 Å². The highest BCUT2D eigenvalue weighted by Crippen LogP contribution is 2.40. The molecule has 44 heavy (non-hydrogen) atoms. The number of rotatable bonds is 21. The third kappa shape index (κ3) is 9.97. The number of unbranched alkanes of at least 4 members (excludes halogenated alkanes) is 13. The van der Waals surface area contributed by atoms with Crippen molar-refractivity contribution < 1.29 is 23.8 Å². The van der Waals surface area contributed by atoms with Crippen molar-refractivity contribution in [1.29, 1.82) is 0 Å². The molecule has 0 spiro atoms. The molecule has 4 rings (SSSR count). The average Bonchev–Trinajstić information content (AvgIpc) is 3.32. The van der Waals surface area contributed by atoms with Crippen molar-refractivity contribution in [2.24, 2.45) is 0 Å². The fourth-order valence-corrected chi connectivity index (χ4v) is 5.72. The first-order chi connectivity index (χ1) is 21.6. The Hall–Kier alpha value is -3.60. The lowest BCUT2D eigenvalue weighted by molar-refractivity contribution is 0.0734. The number of carbonyl (C=O) groups excluding carboxylic acids is 2. The van der Waals surface area contributed by atoms with E-state index in [4.69, 9.17) is 14.2 Å². The largest absolute Gasteiger partial charge is 0.494 e. The minimum absolute atomic E-state index is 0.0755. The number of hydrogen-bond acceptors (Lipinski definition) is 5. The molecule has 3 aromatic carbocycles. The molecule has 0 saturated carbocycles. The average molecular weight is 599 g/mol. The summed E-state index contributed by atoms with van der Waals surface area (Å²) in [5.74, 6) is 1.26. The first-order valence-electron chi connectivity index (χ1n) is 17.0. The molecule has 236 valence electrons. The quantitative estimate of drug-likeness (QED) is 0.0542. The molecular weight excluding hydrogens is 548 g/mol. The van der Waals surface area contributed by atoms with Gasteiger partial charge >= 0.3 is 5.97 Å². The van der Waals surface area contributed by atoms with Gasteiger partial charge in [-0.05, 0) is 84.6 Å². The van der Waals surface area contributed by atoms with Crippen LogP contribution in [0.4, 0.5) is 0 Å². The summed E-state index contributed by atoms with van der Waals surface area (Å²) in [6, 6.07) is 18.0. The van der Waals surface area contributed by atoms with E-state index in [1.54, 1.807) is 36.4 Å². The zero-order valence-electron chi connectivity index (χ0n) is 26.8. The summed E-state index contributed by atoms with van der Waals surface area (Å²) in [5.41, 5.74) is 3.33. The van der Waals surface area contributed by atoms with Gasteiger partial charge < -0.3 is 14.2 Å². The number of ether oxygens (including phenoxy) is 3. The Morgan fingerprint density at radius 2 is 0.932 bits per heavy atom. The van der Waals surface area contributed by atoms with Crippen LogP contribution in [0.25, 0.3) is 11.1 Å². The molecule has 0 aromatic heterocycles. The van der Waals surface area contributed by atoms with Gasteiger partial charge in [0.15, 0.2) is 5.78 Å². The lowest BCUT2D eigenvalue weighted by atomic mass is 10.1. The van der Waals surface area contributed by atoms with Crippen molar-refractivity contribution in [3.63, 3.8) is 0 Å². The second-order valence-electron chi connectivity index (χ2n) is 12.0. The molecule has 0 atom stereocenters. The zero-order valence-corrected chi connectivity index (χ0v) is 26.8. The van der Waals surface area contributed by atoms with Gasteiger partial charge in [-0.3, -0.25) is 4.79 Å². The van der Waals surface area contributed by atoms with Crippen LogP contribution < -0.4 is 14.2 Å². The monoisotopic (exact) mass is 598 g/mol. The summed E-state index contributed by atoms with van der Waals surface area (Å²) in [6.45, 7) is 5.77. The highest BCUT2D eigenvalue weighted by molar-refractivity contribution is 6.22. The van der Waals surface area contributed by atoms with Crippen LogP contribution in [0.2, 0.25) is 0 Å². The number of carbonyl (C=O) groups is 2. The van der Waals surface area contributed by atoms with Gasteiger partial charge in [0.2, 0.25) is 0 Å². The molecule has 5 nitrogen and oxygen atoms in total. The maximum Gasteiger partial charge on any atom is 0.343 e. The molecule has 0 aliphatic heterocycles. The maximum atomic E-state index is 13.3. The number of esters is 1. The Morgan fingerprint density at radius 1 is 0.500 bits per heavy atom. The van der Waals surface area contributed by atoms with E-state index in [9.17, 15) is 9.59 Å². The highest BCUT2D eigenvalue weighted by atomic mass is 16.5. The van der Waals surface area contributed by atoms with Crippen LogP contribution in [-0.4, -0.2) is 25.0 Å². The molecule has 0 amide bonds. The molecular formula is C39H50O5. The molecule has 1 aliphatic rings. The fourth-order valence-electron chi connectivity index (χ4n) is 5.72. The Balaban J connectivity index is 1.20. The summed E-state index contributed by atoms with van der Waals surface area (Å²) >= 11 is 0. The standard InChI is InChI=1S/C39H50O5/c1-3-5-7-9-10-11-12-13-14-15-17-27-43-32-22-24-34-35-25-23-33(29-37(35)38(40)36(34)28-32)44-39(41)30-18-20-31(21-19-30)42-26-16-8-6-4-2/h18-25,28-29H,3-17,26-27H2,1-2H3. The van der Waals surface area contributed by atoms with Crippen LogP contribution in [0.3, 0.4) is 0 Å². The minimum Gasteiger partial charge on any atom is -0.494 e. The molecule has 0 bridgehead atoms. The van der Waals surface area contributed by atoms with E-state index < -0.39 is 5.97 Å². The Bertz CT molecular complexity index is 1330.